The van der Waals surface area contributed by atoms with E-state index in [1.807, 2.05) is 6.07 Å². The van der Waals surface area contributed by atoms with E-state index in [1.54, 1.807) is 11.3 Å². The number of para-hydroxylation sites is 1. The number of thiazole rings is 1. The normalized spacial score (nSPS) is 20.7. The molecule has 2 fully saturated rings. The highest BCUT2D eigenvalue weighted by atomic mass is 32.1. The van der Waals surface area contributed by atoms with Crippen LogP contribution in [0.5, 0.6) is 0 Å². The van der Waals surface area contributed by atoms with Crippen molar-refractivity contribution in [3.63, 3.8) is 0 Å². The van der Waals surface area contributed by atoms with E-state index in [4.69, 9.17) is 4.98 Å². The molecule has 0 bridgehead atoms. The molecule has 1 aromatic heterocycles. The van der Waals surface area contributed by atoms with Gasteiger partial charge in [-0.15, -0.1) is 0 Å². The number of fused-ring (bicyclic) bond motifs is 1. The van der Waals surface area contributed by atoms with Gasteiger partial charge in [0.05, 0.1) is 10.2 Å². The molecule has 0 N–H and O–H groups in total. The molecular formula is C19H25N3OS. The highest BCUT2D eigenvalue weighted by Crippen LogP contribution is 2.32. The van der Waals surface area contributed by atoms with Gasteiger partial charge < -0.3 is 9.80 Å². The number of anilines is 1. The second-order valence-electron chi connectivity index (χ2n) is 7.23. The fourth-order valence-electron chi connectivity index (χ4n) is 3.80. The molecule has 1 amide bonds. The van der Waals surface area contributed by atoms with E-state index in [0.717, 1.165) is 68.4 Å². The van der Waals surface area contributed by atoms with Crippen LogP contribution in [0.3, 0.4) is 0 Å². The van der Waals surface area contributed by atoms with Gasteiger partial charge in [0.1, 0.15) is 0 Å². The number of amides is 1. The summed E-state index contributed by atoms with van der Waals surface area (Å²) < 4.78 is 1.24. The third kappa shape index (κ3) is 3.14. The van der Waals surface area contributed by atoms with E-state index in [0.29, 0.717) is 5.91 Å². The average Bonchev–Trinajstić information content (AvgIpc) is 3.06. The molecule has 2 saturated heterocycles. The van der Waals surface area contributed by atoms with Crippen LogP contribution in [0.4, 0.5) is 5.13 Å². The maximum Gasteiger partial charge on any atom is 0.225 e. The molecule has 24 heavy (non-hydrogen) atoms. The Hall–Kier alpha value is -1.62. The number of rotatable bonds is 2. The van der Waals surface area contributed by atoms with Gasteiger partial charge in [-0.25, -0.2) is 4.98 Å². The maximum absolute atomic E-state index is 12.7. The number of hydrogen-bond acceptors (Lipinski definition) is 4. The first-order valence-electron chi connectivity index (χ1n) is 9.10. The van der Waals surface area contributed by atoms with E-state index in [9.17, 15) is 4.79 Å². The lowest BCUT2D eigenvalue weighted by Gasteiger charge is -2.36. The first-order chi connectivity index (χ1) is 11.7. The zero-order chi connectivity index (χ0) is 16.5. The zero-order valence-corrected chi connectivity index (χ0v) is 15.1. The number of likely N-dealkylation sites (tertiary alicyclic amines) is 1. The molecule has 2 aliphatic heterocycles. The Bertz CT molecular complexity index is 679. The molecule has 3 heterocycles. The average molecular weight is 343 g/mol. The minimum absolute atomic E-state index is 0.212. The largest absolute Gasteiger partial charge is 0.348 e. The Morgan fingerprint density at radius 2 is 1.79 bits per heavy atom. The van der Waals surface area contributed by atoms with Crippen LogP contribution in [0.1, 0.15) is 32.6 Å². The van der Waals surface area contributed by atoms with Crippen molar-refractivity contribution in [1.29, 1.82) is 0 Å². The number of hydrogen-bond donors (Lipinski definition) is 0. The smallest absolute Gasteiger partial charge is 0.225 e. The molecule has 0 atom stereocenters. The number of benzene rings is 1. The maximum atomic E-state index is 12.7. The molecule has 2 aromatic rings. The number of carbonyl (C=O) groups is 1. The molecule has 4 rings (SSSR count). The summed E-state index contributed by atoms with van der Waals surface area (Å²) in [5, 5.41) is 1.11. The predicted molar refractivity (Wildman–Crippen MR) is 99.5 cm³/mol. The van der Waals surface area contributed by atoms with Gasteiger partial charge in [-0.2, -0.15) is 0 Å². The van der Waals surface area contributed by atoms with E-state index in [2.05, 4.69) is 34.9 Å². The Morgan fingerprint density at radius 3 is 2.50 bits per heavy atom. The number of carbonyl (C=O) groups excluding carboxylic acids is 1. The molecule has 0 radical (unpaired) electrons. The Kier molecular flexibility index (Phi) is 4.44. The van der Waals surface area contributed by atoms with Gasteiger partial charge >= 0.3 is 0 Å². The fraction of sp³-hybridized carbons (Fsp3) is 0.579. The molecule has 128 valence electrons. The molecule has 0 unspecified atom stereocenters. The van der Waals surface area contributed by atoms with Crippen molar-refractivity contribution in [3.05, 3.63) is 24.3 Å². The van der Waals surface area contributed by atoms with Gasteiger partial charge in [-0.05, 0) is 43.7 Å². The van der Waals surface area contributed by atoms with Gasteiger partial charge in [0.15, 0.2) is 5.13 Å². The summed E-state index contributed by atoms with van der Waals surface area (Å²) in [7, 11) is 0. The lowest BCUT2D eigenvalue weighted by Crippen LogP contribution is -2.45. The quantitative estimate of drug-likeness (QED) is 0.833. The van der Waals surface area contributed by atoms with Gasteiger partial charge in [0, 0.05) is 32.1 Å². The van der Waals surface area contributed by atoms with Crippen molar-refractivity contribution < 1.29 is 4.79 Å². The van der Waals surface area contributed by atoms with Crippen LogP contribution in [0.25, 0.3) is 10.2 Å². The molecule has 0 saturated carbocycles. The van der Waals surface area contributed by atoms with Crippen molar-refractivity contribution in [2.45, 2.75) is 32.6 Å². The fourth-order valence-corrected chi connectivity index (χ4v) is 4.82. The standard InChI is InChI=1S/C19H25N3OS/c1-14-6-10-21(11-7-14)18(23)15-8-12-22(13-9-15)19-20-16-4-2-3-5-17(16)24-19/h2-5,14-15H,6-13H2,1H3. The molecule has 0 aliphatic carbocycles. The minimum atomic E-state index is 0.212. The second kappa shape index (κ2) is 6.71. The SMILES string of the molecule is CC1CCN(C(=O)C2CCN(c3nc4ccccc4s3)CC2)CC1. The highest BCUT2D eigenvalue weighted by molar-refractivity contribution is 7.22. The summed E-state index contributed by atoms with van der Waals surface area (Å²) in [4.78, 5) is 22.0. The Balaban J connectivity index is 1.37. The van der Waals surface area contributed by atoms with Gasteiger partial charge in [0.25, 0.3) is 0 Å². The second-order valence-corrected chi connectivity index (χ2v) is 8.24. The summed E-state index contributed by atoms with van der Waals surface area (Å²) in [5.74, 6) is 1.38. The topological polar surface area (TPSA) is 36.4 Å². The van der Waals surface area contributed by atoms with Crippen LogP contribution in [0.15, 0.2) is 24.3 Å². The zero-order valence-electron chi connectivity index (χ0n) is 14.3. The van der Waals surface area contributed by atoms with Crippen LogP contribution >= 0.6 is 11.3 Å². The number of piperidine rings is 2. The van der Waals surface area contributed by atoms with Crippen molar-refractivity contribution >= 4 is 32.6 Å². The van der Waals surface area contributed by atoms with Gasteiger partial charge in [-0.1, -0.05) is 30.4 Å². The van der Waals surface area contributed by atoms with Crippen LogP contribution in [-0.4, -0.2) is 42.0 Å². The van der Waals surface area contributed by atoms with Crippen LogP contribution in [0.2, 0.25) is 0 Å². The molecule has 5 heteroatoms. The summed E-state index contributed by atoms with van der Waals surface area (Å²) in [5.41, 5.74) is 1.08. The van der Waals surface area contributed by atoms with Gasteiger partial charge in [-0.3, -0.25) is 4.79 Å². The van der Waals surface area contributed by atoms with E-state index < -0.39 is 0 Å². The third-order valence-electron chi connectivity index (χ3n) is 5.49. The predicted octanol–water partition coefficient (Wildman–Crippen LogP) is 3.77. The van der Waals surface area contributed by atoms with Crippen molar-refractivity contribution in [1.82, 2.24) is 9.88 Å². The minimum Gasteiger partial charge on any atom is -0.348 e. The van der Waals surface area contributed by atoms with Crippen molar-refractivity contribution in [2.75, 3.05) is 31.1 Å². The molecule has 2 aliphatic rings. The van der Waals surface area contributed by atoms with E-state index >= 15 is 0 Å². The lowest BCUT2D eigenvalue weighted by molar-refractivity contribution is -0.137. The summed E-state index contributed by atoms with van der Waals surface area (Å²) in [6.07, 6.45) is 4.24. The van der Waals surface area contributed by atoms with Crippen LogP contribution in [-0.2, 0) is 4.79 Å². The first kappa shape index (κ1) is 15.9. The monoisotopic (exact) mass is 343 g/mol. The van der Waals surface area contributed by atoms with E-state index in [-0.39, 0.29) is 5.92 Å². The molecule has 4 nitrogen and oxygen atoms in total. The highest BCUT2D eigenvalue weighted by Gasteiger charge is 2.30. The summed E-state index contributed by atoms with van der Waals surface area (Å²) >= 11 is 1.76. The number of nitrogens with zero attached hydrogens (tertiary/aromatic N) is 3. The molecular weight excluding hydrogens is 318 g/mol. The Morgan fingerprint density at radius 1 is 1.08 bits per heavy atom. The lowest BCUT2D eigenvalue weighted by atomic mass is 9.93. The summed E-state index contributed by atoms with van der Waals surface area (Å²) in [6.45, 7) is 6.09. The third-order valence-corrected chi connectivity index (χ3v) is 6.59. The van der Waals surface area contributed by atoms with E-state index in [1.165, 1.54) is 4.70 Å². The van der Waals surface area contributed by atoms with Crippen molar-refractivity contribution in [3.8, 4) is 0 Å². The first-order valence-corrected chi connectivity index (χ1v) is 9.91. The molecule has 1 aromatic carbocycles. The van der Waals surface area contributed by atoms with Gasteiger partial charge in [0.2, 0.25) is 5.91 Å². The molecule has 0 spiro atoms. The van der Waals surface area contributed by atoms with Crippen molar-refractivity contribution in [2.24, 2.45) is 11.8 Å². The number of aromatic nitrogens is 1. The summed E-state index contributed by atoms with van der Waals surface area (Å²) in [6, 6.07) is 8.30. The van der Waals surface area contributed by atoms with Crippen LogP contribution in [0, 0.1) is 11.8 Å². The Labute approximate surface area is 147 Å². The van der Waals surface area contributed by atoms with Crippen LogP contribution < -0.4 is 4.90 Å².